The third kappa shape index (κ3) is 2.58. The summed E-state index contributed by atoms with van der Waals surface area (Å²) in [6.07, 6.45) is 2.61. The Balaban J connectivity index is 1.73. The fourth-order valence-corrected chi connectivity index (χ4v) is 3.79. The number of hydrogen-bond donors (Lipinski definition) is 1. The Morgan fingerprint density at radius 1 is 1.21 bits per heavy atom. The lowest BCUT2D eigenvalue weighted by Gasteiger charge is -2.17. The highest BCUT2D eigenvalue weighted by molar-refractivity contribution is 7.93. The second-order valence-electron chi connectivity index (χ2n) is 5.05. The molecule has 0 spiro atoms. The number of rotatable bonds is 3. The van der Waals surface area contributed by atoms with Crippen LogP contribution in [0.15, 0.2) is 24.3 Å². The molecule has 0 aromatic heterocycles. The van der Waals surface area contributed by atoms with Gasteiger partial charge in [0.2, 0.25) is 15.9 Å². The summed E-state index contributed by atoms with van der Waals surface area (Å²) in [5.74, 6) is 0.438. The van der Waals surface area contributed by atoms with E-state index in [4.69, 9.17) is 0 Å². The lowest BCUT2D eigenvalue weighted by molar-refractivity contribution is -0.117. The van der Waals surface area contributed by atoms with Gasteiger partial charge in [-0.25, -0.2) is 8.42 Å². The number of nitrogens with zero attached hydrogens (tertiary/aromatic N) is 1. The second-order valence-corrected chi connectivity index (χ2v) is 7.06. The van der Waals surface area contributed by atoms with Crippen molar-refractivity contribution in [2.75, 3.05) is 21.9 Å². The van der Waals surface area contributed by atoms with Gasteiger partial charge in [0.15, 0.2) is 0 Å². The third-order valence-electron chi connectivity index (χ3n) is 3.47. The summed E-state index contributed by atoms with van der Waals surface area (Å²) in [6.45, 7) is 0.538. The zero-order valence-electron chi connectivity index (χ0n) is 10.5. The fraction of sp³-hybridized carbons (Fsp3) is 0.462. The minimum absolute atomic E-state index is 0.0570. The van der Waals surface area contributed by atoms with Crippen LogP contribution in [-0.4, -0.2) is 26.6 Å². The van der Waals surface area contributed by atoms with Crippen molar-refractivity contribution in [2.45, 2.75) is 19.3 Å². The van der Waals surface area contributed by atoms with E-state index in [-0.39, 0.29) is 17.6 Å². The van der Waals surface area contributed by atoms with Crippen LogP contribution in [0.25, 0.3) is 0 Å². The molecule has 1 heterocycles. The minimum Gasteiger partial charge on any atom is -0.326 e. The first-order valence-corrected chi connectivity index (χ1v) is 8.08. The van der Waals surface area contributed by atoms with Crippen molar-refractivity contribution in [1.29, 1.82) is 0 Å². The molecule has 19 heavy (non-hydrogen) atoms. The van der Waals surface area contributed by atoms with Crippen LogP contribution >= 0.6 is 0 Å². The summed E-state index contributed by atoms with van der Waals surface area (Å²) in [5.41, 5.74) is 1.39. The number of amides is 1. The first-order valence-electron chi connectivity index (χ1n) is 6.48. The molecule has 102 valence electrons. The number of benzene rings is 1. The Morgan fingerprint density at radius 3 is 2.42 bits per heavy atom. The number of carbonyl (C=O) groups is 1. The lowest BCUT2D eigenvalue weighted by Crippen LogP contribution is -2.25. The van der Waals surface area contributed by atoms with Crippen molar-refractivity contribution >= 4 is 27.3 Å². The maximum absolute atomic E-state index is 11.8. The van der Waals surface area contributed by atoms with E-state index in [9.17, 15) is 13.2 Å². The van der Waals surface area contributed by atoms with Crippen molar-refractivity contribution < 1.29 is 13.2 Å². The molecule has 5 nitrogen and oxygen atoms in total. The van der Waals surface area contributed by atoms with Gasteiger partial charge in [-0.1, -0.05) is 0 Å². The van der Waals surface area contributed by atoms with Gasteiger partial charge in [0.05, 0.1) is 11.4 Å². The van der Waals surface area contributed by atoms with Crippen LogP contribution in [0.5, 0.6) is 0 Å². The normalized spacial score (nSPS) is 21.4. The quantitative estimate of drug-likeness (QED) is 0.914. The van der Waals surface area contributed by atoms with E-state index in [1.165, 1.54) is 4.31 Å². The van der Waals surface area contributed by atoms with E-state index in [1.54, 1.807) is 24.3 Å². The molecule has 1 N–H and O–H groups in total. The number of sulfonamides is 1. The Hall–Kier alpha value is -1.56. The molecule has 0 unspecified atom stereocenters. The van der Waals surface area contributed by atoms with E-state index in [0.717, 1.165) is 18.5 Å². The molecule has 1 aromatic carbocycles. The molecule has 2 aliphatic rings. The summed E-state index contributed by atoms with van der Waals surface area (Å²) in [6, 6.07) is 6.99. The Morgan fingerprint density at radius 2 is 1.89 bits per heavy atom. The predicted octanol–water partition coefficient (Wildman–Crippen LogP) is 1.57. The van der Waals surface area contributed by atoms with Gasteiger partial charge in [0, 0.05) is 18.2 Å². The van der Waals surface area contributed by atoms with Gasteiger partial charge >= 0.3 is 0 Å². The topological polar surface area (TPSA) is 66.5 Å². The van der Waals surface area contributed by atoms with Crippen LogP contribution in [-0.2, 0) is 14.8 Å². The number of anilines is 2. The molecule has 1 saturated carbocycles. The molecule has 1 aliphatic heterocycles. The molecular weight excluding hydrogens is 264 g/mol. The summed E-state index contributed by atoms with van der Waals surface area (Å²) in [5, 5.41) is 2.84. The molecular formula is C13H16N2O3S. The first kappa shape index (κ1) is 12.5. The van der Waals surface area contributed by atoms with Gasteiger partial charge in [0.25, 0.3) is 0 Å². The minimum atomic E-state index is -3.13. The molecule has 1 aliphatic carbocycles. The van der Waals surface area contributed by atoms with E-state index >= 15 is 0 Å². The van der Waals surface area contributed by atoms with E-state index in [0.29, 0.717) is 18.7 Å². The predicted molar refractivity (Wildman–Crippen MR) is 73.5 cm³/mol. The highest BCUT2D eigenvalue weighted by atomic mass is 32.2. The van der Waals surface area contributed by atoms with Gasteiger partial charge in [-0.15, -0.1) is 0 Å². The fourth-order valence-electron chi connectivity index (χ4n) is 2.23. The average molecular weight is 280 g/mol. The molecule has 1 saturated heterocycles. The SMILES string of the molecule is O=C(Nc1ccc(N2CCCS2(=O)=O)cc1)C1CC1. The van der Waals surface area contributed by atoms with Gasteiger partial charge < -0.3 is 5.32 Å². The van der Waals surface area contributed by atoms with Crippen molar-refractivity contribution in [1.82, 2.24) is 0 Å². The van der Waals surface area contributed by atoms with Crippen molar-refractivity contribution in [2.24, 2.45) is 5.92 Å². The van der Waals surface area contributed by atoms with Crippen molar-refractivity contribution in [3.05, 3.63) is 24.3 Å². The standard InChI is InChI=1S/C13H16N2O3S/c16-13(10-2-3-10)14-11-4-6-12(7-5-11)15-8-1-9-19(15,17)18/h4-7,10H,1-3,8-9H2,(H,14,16). The second kappa shape index (κ2) is 4.52. The maximum Gasteiger partial charge on any atom is 0.235 e. The summed E-state index contributed by atoms with van der Waals surface area (Å²) >= 11 is 0. The maximum atomic E-state index is 11.8. The van der Waals surface area contributed by atoms with Gasteiger partial charge in [0.1, 0.15) is 0 Å². The van der Waals surface area contributed by atoms with Crippen LogP contribution in [0.3, 0.4) is 0 Å². The zero-order chi connectivity index (χ0) is 13.5. The number of nitrogens with one attached hydrogen (secondary N) is 1. The Bertz CT molecular complexity index is 591. The van der Waals surface area contributed by atoms with E-state index < -0.39 is 10.0 Å². The van der Waals surface area contributed by atoms with Crippen LogP contribution < -0.4 is 9.62 Å². The average Bonchev–Trinajstić information content (AvgIpc) is 3.15. The van der Waals surface area contributed by atoms with Crippen molar-refractivity contribution in [3.8, 4) is 0 Å². The molecule has 2 fully saturated rings. The van der Waals surface area contributed by atoms with Crippen LogP contribution in [0.4, 0.5) is 11.4 Å². The summed E-state index contributed by atoms with van der Waals surface area (Å²) in [7, 11) is -3.13. The molecule has 0 bridgehead atoms. The Kier molecular flexibility index (Phi) is 2.97. The third-order valence-corrected chi connectivity index (χ3v) is 5.34. The molecule has 1 aromatic rings. The number of carbonyl (C=O) groups excluding carboxylic acids is 1. The molecule has 0 atom stereocenters. The zero-order valence-corrected chi connectivity index (χ0v) is 11.3. The monoisotopic (exact) mass is 280 g/mol. The van der Waals surface area contributed by atoms with Gasteiger partial charge in [-0.2, -0.15) is 0 Å². The van der Waals surface area contributed by atoms with E-state index in [2.05, 4.69) is 5.32 Å². The van der Waals surface area contributed by atoms with Gasteiger partial charge in [-0.05, 0) is 43.5 Å². The van der Waals surface area contributed by atoms with Gasteiger partial charge in [-0.3, -0.25) is 9.10 Å². The largest absolute Gasteiger partial charge is 0.326 e. The van der Waals surface area contributed by atoms with Crippen LogP contribution in [0, 0.1) is 5.92 Å². The summed E-state index contributed by atoms with van der Waals surface area (Å²) in [4.78, 5) is 11.6. The van der Waals surface area contributed by atoms with Crippen LogP contribution in [0.2, 0.25) is 0 Å². The van der Waals surface area contributed by atoms with Crippen molar-refractivity contribution in [3.63, 3.8) is 0 Å². The molecule has 0 radical (unpaired) electrons. The van der Waals surface area contributed by atoms with Crippen LogP contribution in [0.1, 0.15) is 19.3 Å². The highest BCUT2D eigenvalue weighted by Crippen LogP contribution is 2.31. The Labute approximate surface area is 112 Å². The molecule has 3 rings (SSSR count). The number of hydrogen-bond acceptors (Lipinski definition) is 3. The molecule has 1 amide bonds. The smallest absolute Gasteiger partial charge is 0.235 e. The first-order chi connectivity index (χ1) is 9.06. The highest BCUT2D eigenvalue weighted by Gasteiger charge is 2.30. The van der Waals surface area contributed by atoms with E-state index in [1.807, 2.05) is 0 Å². The molecule has 6 heteroatoms. The lowest BCUT2D eigenvalue weighted by atomic mass is 10.2. The summed E-state index contributed by atoms with van der Waals surface area (Å²) < 4.78 is 25.0.